The highest BCUT2D eigenvalue weighted by Gasteiger charge is 2.28. The predicted molar refractivity (Wildman–Crippen MR) is 83.9 cm³/mol. The van der Waals surface area contributed by atoms with Gasteiger partial charge in [0.25, 0.3) is 0 Å². The molecule has 0 amide bonds. The maximum atomic E-state index is 12.3. The zero-order chi connectivity index (χ0) is 15.8. The van der Waals surface area contributed by atoms with Crippen LogP contribution in [0.5, 0.6) is 0 Å². The van der Waals surface area contributed by atoms with Crippen LogP contribution >= 0.6 is 0 Å². The van der Waals surface area contributed by atoms with E-state index in [0.717, 1.165) is 5.69 Å². The highest BCUT2D eigenvalue weighted by molar-refractivity contribution is 7.89. The molecular weight excluding hydrogens is 290 g/mol. The first kappa shape index (κ1) is 16.1. The third-order valence-electron chi connectivity index (χ3n) is 3.72. The van der Waals surface area contributed by atoms with Crippen molar-refractivity contribution in [3.8, 4) is 0 Å². The van der Waals surface area contributed by atoms with E-state index in [1.165, 1.54) is 18.4 Å². The molecule has 7 heteroatoms. The number of rotatable bonds is 3. The smallest absolute Gasteiger partial charge is 0.244 e. The molecule has 1 aromatic carbocycles. The van der Waals surface area contributed by atoms with E-state index in [1.807, 2.05) is 19.9 Å². The molecule has 1 aromatic rings. The van der Waals surface area contributed by atoms with Gasteiger partial charge in [-0.1, -0.05) is 6.07 Å². The van der Waals surface area contributed by atoms with E-state index in [-0.39, 0.29) is 17.0 Å². The summed E-state index contributed by atoms with van der Waals surface area (Å²) in [5.41, 5.74) is 7.21. The summed E-state index contributed by atoms with van der Waals surface area (Å²) in [6.45, 7) is 5.33. The van der Waals surface area contributed by atoms with Crippen molar-refractivity contribution in [2.45, 2.75) is 30.9 Å². The molecule has 2 rings (SSSR count). The van der Waals surface area contributed by atoms with Crippen molar-refractivity contribution in [3.63, 3.8) is 0 Å². The molecular formula is C14H23N3O3S. The van der Waals surface area contributed by atoms with Crippen LogP contribution in [0.4, 0.5) is 11.4 Å². The number of ether oxygens (including phenoxy) is 1. The normalized spacial score (nSPS) is 23.6. The summed E-state index contributed by atoms with van der Waals surface area (Å²) in [6, 6.07) is 5.29. The van der Waals surface area contributed by atoms with Gasteiger partial charge in [-0.05, 0) is 26.0 Å². The second-order valence-electron chi connectivity index (χ2n) is 5.62. The summed E-state index contributed by atoms with van der Waals surface area (Å²) < 4.78 is 31.5. The van der Waals surface area contributed by atoms with Gasteiger partial charge in [-0.25, -0.2) is 12.7 Å². The van der Waals surface area contributed by atoms with Gasteiger partial charge in [0, 0.05) is 26.7 Å². The lowest BCUT2D eigenvalue weighted by Crippen LogP contribution is -2.47. The van der Waals surface area contributed by atoms with Gasteiger partial charge in [0.15, 0.2) is 0 Å². The predicted octanol–water partition coefficient (Wildman–Crippen LogP) is 1.13. The van der Waals surface area contributed by atoms with Crippen LogP contribution in [-0.4, -0.2) is 52.1 Å². The standard InChI is InChI=1S/C14H23N3O3S/c1-10-9-20-11(2)8-17(10)12-6-5-7-13(14(12)15)21(18,19)16(3)4/h5-7,10-11H,8-9,15H2,1-4H3. The molecule has 0 bridgehead atoms. The minimum Gasteiger partial charge on any atom is -0.396 e. The maximum Gasteiger partial charge on any atom is 0.244 e. The Morgan fingerprint density at radius 2 is 2.00 bits per heavy atom. The first-order valence-electron chi connectivity index (χ1n) is 6.94. The third-order valence-corrected chi connectivity index (χ3v) is 5.59. The summed E-state index contributed by atoms with van der Waals surface area (Å²) in [7, 11) is -0.548. The van der Waals surface area contributed by atoms with Crippen molar-refractivity contribution in [1.82, 2.24) is 4.31 Å². The Kier molecular flexibility index (Phi) is 4.46. The fourth-order valence-electron chi connectivity index (χ4n) is 2.44. The van der Waals surface area contributed by atoms with Gasteiger partial charge in [-0.2, -0.15) is 0 Å². The molecule has 1 heterocycles. The molecule has 2 N–H and O–H groups in total. The molecule has 1 saturated heterocycles. The van der Waals surface area contributed by atoms with Crippen LogP contribution in [0.15, 0.2) is 23.1 Å². The number of benzene rings is 1. The molecule has 0 aromatic heterocycles. The van der Waals surface area contributed by atoms with Gasteiger partial charge in [0.1, 0.15) is 4.90 Å². The Bertz CT molecular complexity index is 616. The molecule has 0 aliphatic carbocycles. The lowest BCUT2D eigenvalue weighted by Gasteiger charge is -2.39. The largest absolute Gasteiger partial charge is 0.396 e. The maximum absolute atomic E-state index is 12.3. The lowest BCUT2D eigenvalue weighted by atomic mass is 10.1. The third kappa shape index (κ3) is 3.00. The topological polar surface area (TPSA) is 75.9 Å². The minimum absolute atomic E-state index is 0.0923. The summed E-state index contributed by atoms with van der Waals surface area (Å²) in [6.07, 6.45) is 0.0923. The SMILES string of the molecule is CC1CN(c2cccc(S(=O)(=O)N(C)C)c2N)C(C)CO1. The van der Waals surface area contributed by atoms with Crippen molar-refractivity contribution in [2.24, 2.45) is 0 Å². The average molecular weight is 313 g/mol. The molecule has 118 valence electrons. The average Bonchev–Trinajstić information content (AvgIpc) is 2.41. The lowest BCUT2D eigenvalue weighted by molar-refractivity contribution is 0.0344. The molecule has 1 aliphatic heterocycles. The number of morpholine rings is 1. The Balaban J connectivity index is 2.47. The van der Waals surface area contributed by atoms with Crippen LogP contribution in [0, 0.1) is 0 Å². The molecule has 2 unspecified atom stereocenters. The number of hydrogen-bond acceptors (Lipinski definition) is 5. The van der Waals surface area contributed by atoms with Crippen LogP contribution < -0.4 is 10.6 Å². The molecule has 21 heavy (non-hydrogen) atoms. The molecule has 2 atom stereocenters. The molecule has 1 fully saturated rings. The number of nitrogens with zero attached hydrogens (tertiary/aromatic N) is 2. The fourth-order valence-corrected chi connectivity index (χ4v) is 3.47. The van der Waals surface area contributed by atoms with E-state index in [2.05, 4.69) is 4.90 Å². The fraction of sp³-hybridized carbons (Fsp3) is 0.571. The summed E-state index contributed by atoms with van der Waals surface area (Å²) in [4.78, 5) is 2.26. The van der Waals surface area contributed by atoms with Crippen molar-refractivity contribution >= 4 is 21.4 Å². The molecule has 0 saturated carbocycles. The second kappa shape index (κ2) is 5.82. The number of anilines is 2. The number of nitrogen functional groups attached to an aromatic ring is 1. The number of sulfonamides is 1. The monoisotopic (exact) mass is 313 g/mol. The Morgan fingerprint density at radius 1 is 1.33 bits per heavy atom. The Labute approximate surface area is 126 Å². The first-order valence-corrected chi connectivity index (χ1v) is 8.38. The van der Waals surface area contributed by atoms with E-state index in [4.69, 9.17) is 10.5 Å². The summed E-state index contributed by atoms with van der Waals surface area (Å²) in [5, 5.41) is 0. The quantitative estimate of drug-likeness (QED) is 0.847. The second-order valence-corrected chi connectivity index (χ2v) is 7.74. The van der Waals surface area contributed by atoms with Gasteiger partial charge in [-0.15, -0.1) is 0 Å². The number of para-hydroxylation sites is 1. The minimum atomic E-state index is -3.55. The van der Waals surface area contributed by atoms with Crippen LogP contribution in [0.1, 0.15) is 13.8 Å². The first-order chi connectivity index (χ1) is 9.75. The zero-order valence-corrected chi connectivity index (χ0v) is 13.7. The van der Waals surface area contributed by atoms with Crippen molar-refractivity contribution in [2.75, 3.05) is 37.9 Å². The van der Waals surface area contributed by atoms with Crippen LogP contribution in [0.2, 0.25) is 0 Å². The zero-order valence-electron chi connectivity index (χ0n) is 12.9. The van der Waals surface area contributed by atoms with E-state index in [1.54, 1.807) is 12.1 Å². The van der Waals surface area contributed by atoms with Crippen molar-refractivity contribution < 1.29 is 13.2 Å². The van der Waals surface area contributed by atoms with E-state index < -0.39 is 10.0 Å². The summed E-state index contributed by atoms with van der Waals surface area (Å²) in [5.74, 6) is 0. The highest BCUT2D eigenvalue weighted by Crippen LogP contribution is 2.33. The van der Waals surface area contributed by atoms with Gasteiger partial charge < -0.3 is 15.4 Å². The molecule has 1 aliphatic rings. The summed E-state index contributed by atoms with van der Waals surface area (Å²) >= 11 is 0. The Hall–Kier alpha value is -1.31. The van der Waals surface area contributed by atoms with Gasteiger partial charge in [0.05, 0.1) is 24.1 Å². The number of hydrogen-bond donors (Lipinski definition) is 1. The molecule has 0 radical (unpaired) electrons. The van der Waals surface area contributed by atoms with Crippen molar-refractivity contribution in [1.29, 1.82) is 0 Å². The van der Waals surface area contributed by atoms with Gasteiger partial charge >= 0.3 is 0 Å². The number of nitrogens with two attached hydrogens (primary N) is 1. The van der Waals surface area contributed by atoms with Gasteiger partial charge in [-0.3, -0.25) is 0 Å². The highest BCUT2D eigenvalue weighted by atomic mass is 32.2. The van der Waals surface area contributed by atoms with E-state index >= 15 is 0 Å². The Morgan fingerprint density at radius 3 is 2.62 bits per heavy atom. The van der Waals surface area contributed by atoms with E-state index in [9.17, 15) is 8.42 Å². The van der Waals surface area contributed by atoms with E-state index in [0.29, 0.717) is 18.8 Å². The molecule has 6 nitrogen and oxygen atoms in total. The van der Waals surface area contributed by atoms with Crippen LogP contribution in [-0.2, 0) is 14.8 Å². The van der Waals surface area contributed by atoms with Crippen molar-refractivity contribution in [3.05, 3.63) is 18.2 Å². The van der Waals surface area contributed by atoms with Crippen LogP contribution in [0.25, 0.3) is 0 Å². The molecule has 0 spiro atoms. The van der Waals surface area contributed by atoms with Gasteiger partial charge in [0.2, 0.25) is 10.0 Å². The van der Waals surface area contributed by atoms with Crippen LogP contribution in [0.3, 0.4) is 0 Å².